The molecule has 0 aliphatic carbocycles. The van der Waals surface area contributed by atoms with E-state index in [4.69, 9.17) is 0 Å². The van der Waals surface area contributed by atoms with Crippen molar-refractivity contribution in [1.29, 1.82) is 0 Å². The van der Waals surface area contributed by atoms with Crippen LogP contribution in [0.3, 0.4) is 0 Å². The first-order valence-electron chi connectivity index (χ1n) is 8.18. The third kappa shape index (κ3) is 3.16. The van der Waals surface area contributed by atoms with Gasteiger partial charge in [0.1, 0.15) is 0 Å². The molecule has 1 atom stereocenters. The number of aromatic amines is 1. The van der Waals surface area contributed by atoms with E-state index in [1.54, 1.807) is 22.5 Å². The van der Waals surface area contributed by atoms with Gasteiger partial charge in [-0.2, -0.15) is 4.31 Å². The normalized spacial score (nSPS) is 19.3. The lowest BCUT2D eigenvalue weighted by molar-refractivity contribution is 0.254. The summed E-state index contributed by atoms with van der Waals surface area (Å²) < 4.78 is 27.8. The topological polar surface area (TPSA) is 70.2 Å². The summed E-state index contributed by atoms with van der Waals surface area (Å²) in [5.74, 6) is 0. The number of benzene rings is 1. The minimum absolute atomic E-state index is 0.167. The van der Waals surface area contributed by atoms with E-state index < -0.39 is 10.0 Å². The molecule has 1 aliphatic heterocycles. The Balaban J connectivity index is 2.03. The van der Waals surface area contributed by atoms with Gasteiger partial charge in [0.15, 0.2) is 0 Å². The Kier molecular flexibility index (Phi) is 4.60. The highest BCUT2D eigenvalue weighted by Gasteiger charge is 2.35. The Hall–Kier alpha value is -1.92. The molecule has 1 saturated heterocycles. The van der Waals surface area contributed by atoms with Crippen LogP contribution < -0.4 is 5.56 Å². The van der Waals surface area contributed by atoms with Crippen molar-refractivity contribution in [3.05, 3.63) is 63.6 Å². The fourth-order valence-corrected chi connectivity index (χ4v) is 4.97. The van der Waals surface area contributed by atoms with Gasteiger partial charge in [-0.15, -0.1) is 0 Å². The van der Waals surface area contributed by atoms with Crippen molar-refractivity contribution in [3.8, 4) is 0 Å². The maximum atomic E-state index is 13.1. The molecule has 6 heteroatoms. The molecule has 24 heavy (non-hydrogen) atoms. The highest BCUT2D eigenvalue weighted by atomic mass is 32.2. The molecule has 0 amide bonds. The van der Waals surface area contributed by atoms with Gasteiger partial charge in [-0.05, 0) is 44.4 Å². The summed E-state index contributed by atoms with van der Waals surface area (Å²) >= 11 is 0. The Morgan fingerprint density at radius 2 is 1.75 bits per heavy atom. The van der Waals surface area contributed by atoms with Crippen LogP contribution in [0.15, 0.2) is 46.1 Å². The predicted octanol–water partition coefficient (Wildman–Crippen LogP) is 2.91. The molecule has 128 valence electrons. The Labute approximate surface area is 142 Å². The zero-order valence-electron chi connectivity index (χ0n) is 14.0. The molecule has 0 radical (unpaired) electrons. The fourth-order valence-electron chi connectivity index (χ4n) is 3.30. The third-order valence-electron chi connectivity index (χ3n) is 4.60. The van der Waals surface area contributed by atoms with Gasteiger partial charge < -0.3 is 4.98 Å². The number of hydrogen-bond donors (Lipinski definition) is 1. The van der Waals surface area contributed by atoms with Gasteiger partial charge in [0, 0.05) is 18.3 Å². The van der Waals surface area contributed by atoms with Crippen molar-refractivity contribution in [2.45, 2.75) is 44.0 Å². The van der Waals surface area contributed by atoms with Gasteiger partial charge in [-0.3, -0.25) is 4.79 Å². The average Bonchev–Trinajstić information content (AvgIpc) is 2.55. The van der Waals surface area contributed by atoms with E-state index in [0.717, 1.165) is 36.1 Å². The van der Waals surface area contributed by atoms with E-state index in [1.165, 1.54) is 6.07 Å². The summed E-state index contributed by atoms with van der Waals surface area (Å²) in [6.45, 7) is 4.26. The molecule has 1 fully saturated rings. The second kappa shape index (κ2) is 6.53. The summed E-state index contributed by atoms with van der Waals surface area (Å²) in [7, 11) is -3.56. The monoisotopic (exact) mass is 346 g/mol. The van der Waals surface area contributed by atoms with E-state index in [2.05, 4.69) is 4.98 Å². The second-order valence-corrected chi connectivity index (χ2v) is 8.23. The first kappa shape index (κ1) is 16.9. The number of hydrogen-bond acceptors (Lipinski definition) is 3. The minimum atomic E-state index is -3.56. The van der Waals surface area contributed by atoms with Crippen LogP contribution in [-0.4, -0.2) is 24.3 Å². The standard InChI is InChI=1S/C18H22N2O3S/c1-13-6-8-15(9-7-13)24(22,23)20-12-4-3-5-17(20)16-10-11-18(21)19-14(16)2/h6-11,17H,3-5,12H2,1-2H3,(H,19,21). The van der Waals surface area contributed by atoms with Crippen LogP contribution in [0, 0.1) is 13.8 Å². The summed E-state index contributed by atoms with van der Waals surface area (Å²) in [6.07, 6.45) is 2.59. The Bertz CT molecular complexity index is 885. The SMILES string of the molecule is Cc1ccc(S(=O)(=O)N2CCCCC2c2ccc(=O)[nH]c2C)cc1. The molecule has 0 bridgehead atoms. The van der Waals surface area contributed by atoms with Crippen LogP contribution in [-0.2, 0) is 10.0 Å². The maximum absolute atomic E-state index is 13.1. The second-order valence-electron chi connectivity index (χ2n) is 6.34. The number of nitrogens with zero attached hydrogens (tertiary/aromatic N) is 1. The van der Waals surface area contributed by atoms with E-state index in [-0.39, 0.29) is 11.6 Å². The number of sulfonamides is 1. The van der Waals surface area contributed by atoms with Crippen molar-refractivity contribution in [2.24, 2.45) is 0 Å². The number of aromatic nitrogens is 1. The number of nitrogens with one attached hydrogen (secondary N) is 1. The van der Waals surface area contributed by atoms with Crippen LogP contribution >= 0.6 is 0 Å². The largest absolute Gasteiger partial charge is 0.326 e. The van der Waals surface area contributed by atoms with Crippen LogP contribution in [0.4, 0.5) is 0 Å². The predicted molar refractivity (Wildman–Crippen MR) is 93.5 cm³/mol. The van der Waals surface area contributed by atoms with Crippen LogP contribution in [0.1, 0.15) is 42.1 Å². The molecule has 1 unspecified atom stereocenters. The van der Waals surface area contributed by atoms with Gasteiger partial charge >= 0.3 is 0 Å². The van der Waals surface area contributed by atoms with Gasteiger partial charge in [0.05, 0.1) is 10.9 Å². The quantitative estimate of drug-likeness (QED) is 0.929. The molecule has 2 aromatic rings. The van der Waals surface area contributed by atoms with Crippen LogP contribution in [0.2, 0.25) is 0 Å². The lowest BCUT2D eigenvalue weighted by Gasteiger charge is -2.35. The van der Waals surface area contributed by atoms with Crippen molar-refractivity contribution >= 4 is 10.0 Å². The number of piperidine rings is 1. The maximum Gasteiger partial charge on any atom is 0.248 e. The van der Waals surface area contributed by atoms with Gasteiger partial charge in [0.25, 0.3) is 0 Å². The number of H-pyrrole nitrogens is 1. The van der Waals surface area contributed by atoms with Gasteiger partial charge in [-0.25, -0.2) is 8.42 Å². The van der Waals surface area contributed by atoms with E-state index in [1.807, 2.05) is 26.0 Å². The lowest BCUT2D eigenvalue weighted by Crippen LogP contribution is -2.39. The molecule has 1 aliphatic rings. The lowest BCUT2D eigenvalue weighted by atomic mass is 9.96. The van der Waals surface area contributed by atoms with Crippen molar-refractivity contribution in [1.82, 2.24) is 9.29 Å². The zero-order chi connectivity index (χ0) is 17.3. The first-order valence-corrected chi connectivity index (χ1v) is 9.62. The highest BCUT2D eigenvalue weighted by Crippen LogP contribution is 2.36. The molecular weight excluding hydrogens is 324 g/mol. The van der Waals surface area contributed by atoms with Crippen molar-refractivity contribution in [2.75, 3.05) is 6.54 Å². The molecule has 1 N–H and O–H groups in total. The molecule has 0 spiro atoms. The number of rotatable bonds is 3. The summed E-state index contributed by atoms with van der Waals surface area (Å²) in [6, 6.07) is 9.94. The van der Waals surface area contributed by atoms with Crippen LogP contribution in [0.5, 0.6) is 0 Å². The minimum Gasteiger partial charge on any atom is -0.326 e. The summed E-state index contributed by atoms with van der Waals surface area (Å²) in [5, 5.41) is 0. The molecule has 5 nitrogen and oxygen atoms in total. The van der Waals surface area contributed by atoms with Crippen LogP contribution in [0.25, 0.3) is 0 Å². The molecular formula is C18H22N2O3S. The number of aryl methyl sites for hydroxylation is 2. The first-order chi connectivity index (χ1) is 11.4. The van der Waals surface area contributed by atoms with Gasteiger partial charge in [0.2, 0.25) is 15.6 Å². The average molecular weight is 346 g/mol. The fraction of sp³-hybridized carbons (Fsp3) is 0.389. The summed E-state index contributed by atoms with van der Waals surface area (Å²) in [5.41, 5.74) is 2.48. The Morgan fingerprint density at radius 1 is 1.04 bits per heavy atom. The zero-order valence-corrected chi connectivity index (χ0v) is 14.8. The molecule has 3 rings (SSSR count). The smallest absolute Gasteiger partial charge is 0.248 e. The number of pyridine rings is 1. The molecule has 1 aromatic heterocycles. The van der Waals surface area contributed by atoms with Crippen molar-refractivity contribution < 1.29 is 8.42 Å². The van der Waals surface area contributed by atoms with Gasteiger partial charge in [-0.1, -0.05) is 30.2 Å². The van der Waals surface area contributed by atoms with E-state index in [0.29, 0.717) is 11.4 Å². The van der Waals surface area contributed by atoms with E-state index in [9.17, 15) is 13.2 Å². The van der Waals surface area contributed by atoms with E-state index >= 15 is 0 Å². The molecule has 0 saturated carbocycles. The Morgan fingerprint density at radius 3 is 2.42 bits per heavy atom. The van der Waals surface area contributed by atoms with Crippen molar-refractivity contribution in [3.63, 3.8) is 0 Å². The molecule has 2 heterocycles. The molecule has 1 aromatic carbocycles. The highest BCUT2D eigenvalue weighted by molar-refractivity contribution is 7.89. The summed E-state index contributed by atoms with van der Waals surface area (Å²) in [4.78, 5) is 14.6. The third-order valence-corrected chi connectivity index (χ3v) is 6.52.